The van der Waals surface area contributed by atoms with Gasteiger partial charge in [0.2, 0.25) is 11.5 Å². The molecule has 9 nitrogen and oxygen atoms in total. The summed E-state index contributed by atoms with van der Waals surface area (Å²) in [6, 6.07) is 7.76. The van der Waals surface area contributed by atoms with Crippen molar-refractivity contribution in [1.82, 2.24) is 9.97 Å². The maximum atomic E-state index is 12.4. The molecular weight excluding hydrogens is 396 g/mol. The van der Waals surface area contributed by atoms with E-state index in [1.165, 1.54) is 43.9 Å². The van der Waals surface area contributed by atoms with Crippen LogP contribution in [0.3, 0.4) is 0 Å². The molecule has 0 saturated carbocycles. The first kappa shape index (κ1) is 20.1. The van der Waals surface area contributed by atoms with Crippen LogP contribution in [0.25, 0.3) is 0 Å². The van der Waals surface area contributed by atoms with Gasteiger partial charge in [0.05, 0.1) is 37.6 Å². The van der Waals surface area contributed by atoms with Crippen LogP contribution in [-0.2, 0) is 11.2 Å². The normalized spacial score (nSPS) is 10.3. The fourth-order valence-corrected chi connectivity index (χ4v) is 3.14. The van der Waals surface area contributed by atoms with E-state index in [1.54, 1.807) is 23.6 Å². The summed E-state index contributed by atoms with van der Waals surface area (Å²) in [5.41, 5.74) is 0.991. The number of nitrogens with zero attached hydrogens (tertiary/aromatic N) is 1. The molecule has 150 valence electrons. The van der Waals surface area contributed by atoms with Crippen molar-refractivity contribution in [3.8, 4) is 11.5 Å². The minimum atomic E-state index is -0.410. The molecule has 0 aliphatic rings. The van der Waals surface area contributed by atoms with Gasteiger partial charge in [-0.15, -0.1) is 11.3 Å². The second kappa shape index (κ2) is 9.02. The molecule has 0 unspecified atom stereocenters. The number of benzene rings is 1. The molecule has 0 spiro atoms. The van der Waals surface area contributed by atoms with Crippen LogP contribution < -0.4 is 25.7 Å². The molecule has 0 atom stereocenters. The molecule has 2 heterocycles. The van der Waals surface area contributed by atoms with E-state index in [9.17, 15) is 14.4 Å². The van der Waals surface area contributed by atoms with E-state index in [4.69, 9.17) is 9.47 Å². The van der Waals surface area contributed by atoms with Gasteiger partial charge in [-0.3, -0.25) is 19.7 Å². The van der Waals surface area contributed by atoms with E-state index in [0.717, 1.165) is 0 Å². The van der Waals surface area contributed by atoms with Crippen LogP contribution in [0.2, 0.25) is 0 Å². The molecule has 3 aromatic rings. The molecule has 2 aromatic heterocycles. The Morgan fingerprint density at radius 2 is 1.97 bits per heavy atom. The summed E-state index contributed by atoms with van der Waals surface area (Å²) in [6.45, 7) is 0. The molecule has 10 heteroatoms. The van der Waals surface area contributed by atoms with Gasteiger partial charge < -0.3 is 19.8 Å². The number of thiazole rings is 1. The zero-order chi connectivity index (χ0) is 20.8. The first-order chi connectivity index (χ1) is 14.0. The number of carbonyl (C=O) groups excluding carboxylic acids is 2. The van der Waals surface area contributed by atoms with Crippen molar-refractivity contribution in [2.75, 3.05) is 24.9 Å². The number of hydrogen-bond acceptors (Lipinski definition) is 7. The fraction of sp³-hybridized carbons (Fsp3) is 0.158. The third kappa shape index (κ3) is 5.20. The Kier molecular flexibility index (Phi) is 6.25. The van der Waals surface area contributed by atoms with Crippen LogP contribution >= 0.6 is 11.3 Å². The van der Waals surface area contributed by atoms with Crippen LogP contribution in [0.5, 0.6) is 11.5 Å². The summed E-state index contributed by atoms with van der Waals surface area (Å²) in [5.74, 6) is 0.390. The van der Waals surface area contributed by atoms with E-state index in [0.29, 0.717) is 33.6 Å². The smallest absolute Gasteiger partial charge is 0.258 e. The fourth-order valence-electron chi connectivity index (χ4n) is 2.44. The Bertz CT molecular complexity index is 1070. The largest absolute Gasteiger partial charge is 0.497 e. The monoisotopic (exact) mass is 414 g/mol. The van der Waals surface area contributed by atoms with Crippen molar-refractivity contribution in [2.24, 2.45) is 0 Å². The molecule has 0 fully saturated rings. The molecule has 29 heavy (non-hydrogen) atoms. The number of H-pyrrole nitrogens is 1. The van der Waals surface area contributed by atoms with Gasteiger partial charge in [-0.1, -0.05) is 0 Å². The van der Waals surface area contributed by atoms with Crippen LogP contribution in [0, 0.1) is 0 Å². The minimum absolute atomic E-state index is 0.0192. The Balaban J connectivity index is 1.62. The Labute approximate surface area is 169 Å². The zero-order valence-corrected chi connectivity index (χ0v) is 16.5. The highest BCUT2D eigenvalue weighted by atomic mass is 32.1. The summed E-state index contributed by atoms with van der Waals surface area (Å²) < 4.78 is 10.4. The summed E-state index contributed by atoms with van der Waals surface area (Å²) in [4.78, 5) is 42.3. The maximum Gasteiger partial charge on any atom is 0.258 e. The maximum absolute atomic E-state index is 12.4. The standard InChI is InChI=1S/C19H18N4O5S/c1-27-13-4-5-15(28-2)14(8-13)22-17(25)7-12-10-29-19(21-12)23-18(26)11-3-6-16(24)20-9-11/h3-6,8-10H,7H2,1-2H3,(H,20,24)(H,22,25)(H,21,23,26). The zero-order valence-electron chi connectivity index (χ0n) is 15.6. The van der Waals surface area contributed by atoms with Crippen LogP contribution in [-0.4, -0.2) is 36.0 Å². The average Bonchev–Trinajstić information content (AvgIpc) is 3.14. The highest BCUT2D eigenvalue weighted by Gasteiger charge is 2.13. The van der Waals surface area contributed by atoms with Gasteiger partial charge in [0.1, 0.15) is 11.5 Å². The van der Waals surface area contributed by atoms with E-state index >= 15 is 0 Å². The van der Waals surface area contributed by atoms with Gasteiger partial charge in [0.25, 0.3) is 5.91 Å². The topological polar surface area (TPSA) is 122 Å². The van der Waals surface area contributed by atoms with Gasteiger partial charge in [0, 0.05) is 23.7 Å². The van der Waals surface area contributed by atoms with Gasteiger partial charge in [-0.05, 0) is 18.2 Å². The lowest BCUT2D eigenvalue weighted by Crippen LogP contribution is -2.16. The quantitative estimate of drug-likeness (QED) is 0.545. The molecule has 2 amide bonds. The average molecular weight is 414 g/mol. The third-order valence-electron chi connectivity index (χ3n) is 3.84. The Hall–Kier alpha value is -3.66. The first-order valence-electron chi connectivity index (χ1n) is 8.45. The minimum Gasteiger partial charge on any atom is -0.497 e. The third-order valence-corrected chi connectivity index (χ3v) is 4.65. The van der Waals surface area contributed by atoms with Crippen molar-refractivity contribution in [2.45, 2.75) is 6.42 Å². The van der Waals surface area contributed by atoms with Crippen molar-refractivity contribution < 1.29 is 19.1 Å². The molecule has 3 N–H and O–H groups in total. The van der Waals surface area contributed by atoms with E-state index in [-0.39, 0.29) is 17.9 Å². The summed E-state index contributed by atoms with van der Waals surface area (Å²) in [6.07, 6.45) is 1.34. The molecule has 1 aromatic carbocycles. The van der Waals surface area contributed by atoms with Crippen LogP contribution in [0.4, 0.5) is 10.8 Å². The van der Waals surface area contributed by atoms with Gasteiger partial charge in [0.15, 0.2) is 5.13 Å². The van der Waals surface area contributed by atoms with E-state index < -0.39 is 5.91 Å². The molecule has 3 rings (SSSR count). The Morgan fingerprint density at radius 3 is 2.66 bits per heavy atom. The van der Waals surface area contributed by atoms with Crippen molar-refractivity contribution in [3.63, 3.8) is 0 Å². The molecule has 0 aliphatic heterocycles. The number of amides is 2. The number of aromatic nitrogens is 2. The molecule has 0 aliphatic carbocycles. The number of rotatable bonds is 7. The van der Waals surface area contributed by atoms with E-state index in [1.807, 2.05) is 0 Å². The summed E-state index contributed by atoms with van der Waals surface area (Å²) in [7, 11) is 3.04. The van der Waals surface area contributed by atoms with Gasteiger partial charge in [-0.2, -0.15) is 0 Å². The SMILES string of the molecule is COc1ccc(OC)c(NC(=O)Cc2csc(NC(=O)c3ccc(=O)[nH]c3)n2)c1. The number of nitrogens with one attached hydrogen (secondary N) is 3. The Morgan fingerprint density at radius 1 is 1.14 bits per heavy atom. The number of pyridine rings is 1. The lowest BCUT2D eigenvalue weighted by atomic mass is 10.2. The number of aromatic amines is 1. The lowest BCUT2D eigenvalue weighted by molar-refractivity contribution is -0.115. The predicted molar refractivity (Wildman–Crippen MR) is 109 cm³/mol. The van der Waals surface area contributed by atoms with Gasteiger partial charge >= 0.3 is 0 Å². The molecule has 0 saturated heterocycles. The van der Waals surface area contributed by atoms with Crippen molar-refractivity contribution in [3.05, 3.63) is 63.5 Å². The lowest BCUT2D eigenvalue weighted by Gasteiger charge is -2.11. The predicted octanol–water partition coefficient (Wildman–Crippen LogP) is 2.28. The highest BCUT2D eigenvalue weighted by Crippen LogP contribution is 2.29. The molecular formula is C19H18N4O5S. The second-order valence-corrected chi connectivity index (χ2v) is 6.69. The van der Waals surface area contributed by atoms with Gasteiger partial charge in [-0.25, -0.2) is 4.98 Å². The summed E-state index contributed by atoms with van der Waals surface area (Å²) >= 11 is 1.20. The number of hydrogen-bond donors (Lipinski definition) is 3. The number of ether oxygens (including phenoxy) is 2. The number of carbonyl (C=O) groups is 2. The van der Waals surface area contributed by atoms with Crippen molar-refractivity contribution in [1.29, 1.82) is 0 Å². The van der Waals surface area contributed by atoms with Crippen LogP contribution in [0.1, 0.15) is 16.1 Å². The number of methoxy groups -OCH3 is 2. The van der Waals surface area contributed by atoms with Crippen LogP contribution in [0.15, 0.2) is 46.7 Å². The highest BCUT2D eigenvalue weighted by molar-refractivity contribution is 7.14. The number of anilines is 2. The first-order valence-corrected chi connectivity index (χ1v) is 9.33. The van der Waals surface area contributed by atoms with Crippen molar-refractivity contribution >= 4 is 34.0 Å². The summed E-state index contributed by atoms with van der Waals surface area (Å²) in [5, 5.41) is 7.43. The molecule has 0 bridgehead atoms. The van der Waals surface area contributed by atoms with E-state index in [2.05, 4.69) is 20.6 Å². The second-order valence-electron chi connectivity index (χ2n) is 5.83. The molecule has 0 radical (unpaired) electrons.